The van der Waals surface area contributed by atoms with Gasteiger partial charge in [-0.25, -0.2) is 9.78 Å². The van der Waals surface area contributed by atoms with Crippen molar-refractivity contribution in [1.29, 1.82) is 5.26 Å². The van der Waals surface area contributed by atoms with Gasteiger partial charge in [0, 0.05) is 85.8 Å². The van der Waals surface area contributed by atoms with Gasteiger partial charge in [-0.1, -0.05) is 18.5 Å². The molecular formula is C36H47ClN6O3. The summed E-state index contributed by atoms with van der Waals surface area (Å²) >= 11 is 6.33. The molecule has 1 N–H and O–H groups in total. The molecule has 2 saturated heterocycles. The molecule has 2 atom stereocenters. The summed E-state index contributed by atoms with van der Waals surface area (Å²) < 4.78 is 11.8. The van der Waals surface area contributed by atoms with Gasteiger partial charge in [0.1, 0.15) is 17.2 Å². The van der Waals surface area contributed by atoms with E-state index in [9.17, 15) is 10.1 Å². The Morgan fingerprint density at radius 1 is 1.09 bits per heavy atom. The molecule has 1 aromatic carbocycles. The van der Waals surface area contributed by atoms with Crippen molar-refractivity contribution in [2.24, 2.45) is 17.8 Å². The van der Waals surface area contributed by atoms with E-state index in [-0.39, 0.29) is 24.0 Å². The second-order valence-corrected chi connectivity index (χ2v) is 14.9. The van der Waals surface area contributed by atoms with E-state index in [0.717, 1.165) is 88.6 Å². The molecule has 9 nitrogen and oxygen atoms in total. The maximum Gasteiger partial charge on any atom is 0.410 e. The number of aromatic amines is 1. The minimum absolute atomic E-state index is 0.0561. The number of benzene rings is 1. The number of amides is 1. The fourth-order valence-electron chi connectivity index (χ4n) is 7.04. The SMILES string of the molecule is CC1C=C(O[C@H]2CC[C@H](c3cnc(-c4ccc(N5CC(CN6CCN(C(=O)OC(C)(C)C)CC6)C5)cc4)[nH]3)CC2)C=C(Cl)C1C#N. The van der Waals surface area contributed by atoms with Crippen molar-refractivity contribution < 1.29 is 14.3 Å². The van der Waals surface area contributed by atoms with E-state index in [2.05, 4.69) is 45.1 Å². The first kappa shape index (κ1) is 32.5. The van der Waals surface area contributed by atoms with E-state index in [4.69, 9.17) is 26.1 Å². The van der Waals surface area contributed by atoms with Gasteiger partial charge in [-0.2, -0.15) is 5.26 Å². The molecule has 0 bridgehead atoms. The number of carbonyl (C=O) groups is 1. The number of nitrogens with zero attached hydrogens (tertiary/aromatic N) is 5. The first-order chi connectivity index (χ1) is 22.0. The number of aromatic nitrogens is 2. The van der Waals surface area contributed by atoms with Crippen LogP contribution in [0.3, 0.4) is 0 Å². The maximum atomic E-state index is 12.4. The Kier molecular flexibility index (Phi) is 9.67. The van der Waals surface area contributed by atoms with Crippen molar-refractivity contribution >= 4 is 23.4 Å². The van der Waals surface area contributed by atoms with E-state index < -0.39 is 5.60 Å². The van der Waals surface area contributed by atoms with Crippen LogP contribution in [0.5, 0.6) is 0 Å². The molecule has 2 aliphatic heterocycles. The molecule has 6 rings (SSSR count). The van der Waals surface area contributed by atoms with Gasteiger partial charge >= 0.3 is 6.09 Å². The van der Waals surface area contributed by atoms with Gasteiger partial charge in [-0.3, -0.25) is 4.90 Å². The highest BCUT2D eigenvalue weighted by Crippen LogP contribution is 2.37. The summed E-state index contributed by atoms with van der Waals surface area (Å²) in [7, 11) is 0. The highest BCUT2D eigenvalue weighted by Gasteiger charge is 2.32. The van der Waals surface area contributed by atoms with Crippen molar-refractivity contribution in [3.8, 4) is 17.5 Å². The number of anilines is 1. The van der Waals surface area contributed by atoms with E-state index in [1.165, 1.54) is 11.4 Å². The Morgan fingerprint density at radius 2 is 1.78 bits per heavy atom. The normalized spacial score (nSPS) is 26.1. The van der Waals surface area contributed by atoms with Crippen LogP contribution in [-0.4, -0.2) is 83.4 Å². The number of nitriles is 1. The second-order valence-electron chi connectivity index (χ2n) is 14.4. The number of nitrogens with one attached hydrogen (secondary N) is 1. The average molecular weight is 647 g/mol. The summed E-state index contributed by atoms with van der Waals surface area (Å²) in [5.41, 5.74) is 3.09. The van der Waals surface area contributed by atoms with Crippen LogP contribution in [0.15, 0.2) is 53.4 Å². The van der Waals surface area contributed by atoms with Gasteiger partial charge < -0.3 is 24.3 Å². The fraction of sp³-hybridized carbons (Fsp3) is 0.583. The van der Waals surface area contributed by atoms with Crippen LogP contribution >= 0.6 is 11.6 Å². The minimum atomic E-state index is -0.453. The predicted octanol–water partition coefficient (Wildman–Crippen LogP) is 6.90. The molecule has 0 spiro atoms. The number of carbonyl (C=O) groups excluding carboxylic acids is 1. The number of imidazole rings is 1. The molecule has 1 saturated carbocycles. The topological polar surface area (TPSA) is 97.7 Å². The molecule has 4 aliphatic rings. The van der Waals surface area contributed by atoms with Gasteiger partial charge in [0.05, 0.1) is 18.1 Å². The highest BCUT2D eigenvalue weighted by atomic mass is 35.5. The van der Waals surface area contributed by atoms with Crippen LogP contribution in [0.4, 0.5) is 10.5 Å². The van der Waals surface area contributed by atoms with Crippen LogP contribution in [0.25, 0.3) is 11.4 Å². The number of ether oxygens (including phenoxy) is 2. The lowest BCUT2D eigenvalue weighted by Gasteiger charge is -2.44. The van der Waals surface area contributed by atoms with Crippen LogP contribution in [0.2, 0.25) is 0 Å². The zero-order valence-corrected chi connectivity index (χ0v) is 28.3. The van der Waals surface area contributed by atoms with Crippen molar-refractivity contribution in [3.05, 3.63) is 59.1 Å². The summed E-state index contributed by atoms with van der Waals surface area (Å²) in [6, 6.07) is 11.0. The maximum absolute atomic E-state index is 12.4. The molecule has 2 aromatic rings. The Morgan fingerprint density at radius 3 is 2.41 bits per heavy atom. The van der Waals surface area contributed by atoms with Crippen molar-refractivity contribution in [1.82, 2.24) is 19.8 Å². The number of allylic oxidation sites excluding steroid dienone is 3. The standard InChI is InChI=1S/C36H47ClN6O3/c1-24-17-30(18-32(37)31(24)19-38)45-29-11-7-26(8-12-29)33-20-39-34(40-33)27-5-9-28(10-6-27)43-22-25(23-43)21-41-13-15-42(16-14-41)35(44)46-36(2,3)4/h5-6,9-10,17-18,20,24-26,29,31H,7-8,11-16,21-23H2,1-4H3,(H,39,40)/t24?,26-,29-,31?. The molecule has 1 aromatic heterocycles. The molecule has 246 valence electrons. The molecule has 3 heterocycles. The highest BCUT2D eigenvalue weighted by molar-refractivity contribution is 6.30. The van der Waals surface area contributed by atoms with Gasteiger partial charge in [0.2, 0.25) is 0 Å². The summed E-state index contributed by atoms with van der Waals surface area (Å²) in [5, 5.41) is 9.89. The average Bonchev–Trinajstić information content (AvgIpc) is 3.49. The molecule has 3 fully saturated rings. The van der Waals surface area contributed by atoms with Crippen LogP contribution in [-0.2, 0) is 9.47 Å². The molecule has 1 amide bonds. The smallest absolute Gasteiger partial charge is 0.410 e. The van der Waals surface area contributed by atoms with Gasteiger partial charge in [0.25, 0.3) is 0 Å². The fourth-order valence-corrected chi connectivity index (χ4v) is 7.39. The Labute approximate surface area is 278 Å². The monoisotopic (exact) mass is 646 g/mol. The summed E-state index contributed by atoms with van der Waals surface area (Å²) in [4.78, 5) is 27.4. The quantitative estimate of drug-likeness (QED) is 0.349. The Balaban J connectivity index is 0.926. The second kappa shape index (κ2) is 13.7. The van der Waals surface area contributed by atoms with E-state index in [1.54, 1.807) is 0 Å². The summed E-state index contributed by atoms with van der Waals surface area (Å²) in [6.07, 6.45) is 9.85. The lowest BCUT2D eigenvalue weighted by molar-refractivity contribution is 0.0129. The van der Waals surface area contributed by atoms with Crippen molar-refractivity contribution in [3.63, 3.8) is 0 Å². The largest absolute Gasteiger partial charge is 0.491 e. The molecule has 2 unspecified atom stereocenters. The Bertz CT molecular complexity index is 1470. The van der Waals surface area contributed by atoms with Gasteiger partial charge in [-0.05, 0) is 88.8 Å². The van der Waals surface area contributed by atoms with Crippen LogP contribution in [0.1, 0.15) is 65.0 Å². The van der Waals surface area contributed by atoms with E-state index in [1.807, 2.05) is 50.9 Å². The lowest BCUT2D eigenvalue weighted by Crippen LogP contribution is -2.55. The number of piperazine rings is 1. The zero-order chi connectivity index (χ0) is 32.4. The third-order valence-electron chi connectivity index (χ3n) is 9.68. The number of H-pyrrole nitrogens is 1. The number of halogens is 1. The minimum Gasteiger partial charge on any atom is -0.491 e. The van der Waals surface area contributed by atoms with Crippen molar-refractivity contribution in [2.75, 3.05) is 50.7 Å². The zero-order valence-electron chi connectivity index (χ0n) is 27.5. The third-order valence-corrected chi connectivity index (χ3v) is 10.0. The molecule has 0 radical (unpaired) electrons. The van der Waals surface area contributed by atoms with Gasteiger partial charge in [-0.15, -0.1) is 0 Å². The number of hydrogen-bond donors (Lipinski definition) is 1. The third kappa shape index (κ3) is 7.72. The first-order valence-electron chi connectivity index (χ1n) is 16.8. The summed E-state index contributed by atoms with van der Waals surface area (Å²) in [6.45, 7) is 14.2. The van der Waals surface area contributed by atoms with Crippen LogP contribution < -0.4 is 4.90 Å². The predicted molar refractivity (Wildman–Crippen MR) is 180 cm³/mol. The summed E-state index contributed by atoms with van der Waals surface area (Å²) in [5.74, 6) is 2.58. The number of hydrogen-bond acceptors (Lipinski definition) is 7. The lowest BCUT2D eigenvalue weighted by atomic mass is 9.85. The van der Waals surface area contributed by atoms with Gasteiger partial charge in [0.15, 0.2) is 0 Å². The molecular weight excluding hydrogens is 600 g/mol. The van der Waals surface area contributed by atoms with E-state index >= 15 is 0 Å². The first-order valence-corrected chi connectivity index (χ1v) is 17.2. The Hall–Kier alpha value is -3.48. The van der Waals surface area contributed by atoms with Crippen LogP contribution in [0, 0.1) is 29.1 Å². The van der Waals surface area contributed by atoms with Crippen molar-refractivity contribution in [2.45, 2.75) is 71.0 Å². The molecule has 2 aliphatic carbocycles. The molecule has 46 heavy (non-hydrogen) atoms. The number of rotatable bonds is 7. The molecule has 10 heteroatoms. The van der Waals surface area contributed by atoms with E-state index in [0.29, 0.717) is 16.9 Å².